The lowest BCUT2D eigenvalue weighted by atomic mass is 10.0. The zero-order chi connectivity index (χ0) is 10.4. The maximum atomic E-state index is 5.59. The van der Waals surface area contributed by atoms with E-state index in [0.29, 0.717) is 6.10 Å². The van der Waals surface area contributed by atoms with Crippen LogP contribution < -0.4 is 5.32 Å². The molecule has 0 amide bonds. The smallest absolute Gasteiger partial charge is 0.0518 e. The van der Waals surface area contributed by atoms with Gasteiger partial charge in [-0.25, -0.2) is 0 Å². The molecule has 0 aliphatic carbocycles. The van der Waals surface area contributed by atoms with Crippen LogP contribution >= 0.6 is 11.8 Å². The van der Waals surface area contributed by atoms with Crippen LogP contribution in [0.15, 0.2) is 0 Å². The quantitative estimate of drug-likeness (QED) is 0.736. The fraction of sp³-hybridized carbons (Fsp3) is 1.00. The van der Waals surface area contributed by atoms with E-state index in [9.17, 15) is 0 Å². The third-order valence-corrected chi connectivity index (χ3v) is 3.86. The monoisotopic (exact) mass is 217 g/mol. The van der Waals surface area contributed by atoms with E-state index in [4.69, 9.17) is 4.74 Å². The summed E-state index contributed by atoms with van der Waals surface area (Å²) < 4.78 is 5.59. The Balaban J connectivity index is 2.15. The second-order valence-electron chi connectivity index (χ2n) is 4.17. The Hall–Kier alpha value is 0.270. The van der Waals surface area contributed by atoms with Crippen molar-refractivity contribution in [2.24, 2.45) is 5.92 Å². The first kappa shape index (κ1) is 12.3. The van der Waals surface area contributed by atoms with Gasteiger partial charge in [-0.05, 0) is 38.5 Å². The standard InChI is InChI=1S/C11H23NOS/c1-4-12-11-8-14-7-10(11)5-6-13-9(2)3/h9-12H,4-8H2,1-3H3. The second kappa shape index (κ2) is 6.70. The lowest BCUT2D eigenvalue weighted by molar-refractivity contribution is 0.0681. The average Bonchev–Trinajstić information content (AvgIpc) is 2.53. The Morgan fingerprint density at radius 2 is 2.21 bits per heavy atom. The Kier molecular flexibility index (Phi) is 5.90. The predicted octanol–water partition coefficient (Wildman–Crippen LogP) is 2.14. The lowest BCUT2D eigenvalue weighted by Crippen LogP contribution is -2.35. The first-order valence-electron chi connectivity index (χ1n) is 5.66. The van der Waals surface area contributed by atoms with E-state index < -0.39 is 0 Å². The van der Waals surface area contributed by atoms with Crippen LogP contribution in [0.3, 0.4) is 0 Å². The van der Waals surface area contributed by atoms with Gasteiger partial charge < -0.3 is 10.1 Å². The molecule has 0 spiro atoms. The van der Waals surface area contributed by atoms with Gasteiger partial charge in [0, 0.05) is 18.4 Å². The molecule has 1 aliphatic heterocycles. The van der Waals surface area contributed by atoms with Crippen molar-refractivity contribution < 1.29 is 4.74 Å². The van der Waals surface area contributed by atoms with E-state index in [1.165, 1.54) is 17.9 Å². The SMILES string of the molecule is CCNC1CSCC1CCOC(C)C. The normalized spacial score (nSPS) is 27.4. The molecule has 2 unspecified atom stereocenters. The third-order valence-electron chi connectivity index (χ3n) is 2.60. The summed E-state index contributed by atoms with van der Waals surface area (Å²) in [6.07, 6.45) is 1.59. The van der Waals surface area contributed by atoms with Crippen molar-refractivity contribution in [3.05, 3.63) is 0 Å². The average molecular weight is 217 g/mol. The molecule has 1 aliphatic rings. The zero-order valence-electron chi connectivity index (χ0n) is 9.58. The summed E-state index contributed by atoms with van der Waals surface area (Å²) in [6, 6.07) is 0.723. The van der Waals surface area contributed by atoms with E-state index in [1.807, 2.05) is 0 Å². The van der Waals surface area contributed by atoms with Gasteiger partial charge in [-0.2, -0.15) is 11.8 Å². The van der Waals surface area contributed by atoms with Crippen LogP contribution in [0, 0.1) is 5.92 Å². The summed E-state index contributed by atoms with van der Waals surface area (Å²) in [5.41, 5.74) is 0. The Bertz CT molecular complexity index is 152. The first-order chi connectivity index (χ1) is 6.74. The lowest BCUT2D eigenvalue weighted by Gasteiger charge is -2.19. The Labute approximate surface area is 92.2 Å². The van der Waals surface area contributed by atoms with Crippen LogP contribution in [0.2, 0.25) is 0 Å². The molecule has 0 aromatic heterocycles. The van der Waals surface area contributed by atoms with Gasteiger partial charge >= 0.3 is 0 Å². The van der Waals surface area contributed by atoms with Crippen molar-refractivity contribution in [1.29, 1.82) is 0 Å². The molecule has 0 aromatic carbocycles. The molecule has 1 N–H and O–H groups in total. The molecular weight excluding hydrogens is 194 g/mol. The van der Waals surface area contributed by atoms with E-state index in [2.05, 4.69) is 37.8 Å². The number of nitrogens with one attached hydrogen (secondary N) is 1. The number of rotatable bonds is 6. The van der Waals surface area contributed by atoms with E-state index in [-0.39, 0.29) is 0 Å². The summed E-state index contributed by atoms with van der Waals surface area (Å²) in [7, 11) is 0. The van der Waals surface area contributed by atoms with E-state index >= 15 is 0 Å². The van der Waals surface area contributed by atoms with Gasteiger partial charge in [-0.1, -0.05) is 6.92 Å². The number of hydrogen-bond acceptors (Lipinski definition) is 3. The zero-order valence-corrected chi connectivity index (χ0v) is 10.4. The highest BCUT2D eigenvalue weighted by molar-refractivity contribution is 7.99. The van der Waals surface area contributed by atoms with Crippen LogP contribution in [0.5, 0.6) is 0 Å². The summed E-state index contributed by atoms with van der Waals surface area (Å²) in [5.74, 6) is 3.40. The largest absolute Gasteiger partial charge is 0.379 e. The van der Waals surface area contributed by atoms with Crippen molar-refractivity contribution in [3.63, 3.8) is 0 Å². The molecule has 1 rings (SSSR count). The summed E-state index contributed by atoms with van der Waals surface area (Å²) >= 11 is 2.07. The Morgan fingerprint density at radius 3 is 2.86 bits per heavy atom. The Morgan fingerprint density at radius 1 is 1.43 bits per heavy atom. The van der Waals surface area contributed by atoms with Crippen molar-refractivity contribution in [1.82, 2.24) is 5.32 Å². The highest BCUT2D eigenvalue weighted by atomic mass is 32.2. The molecule has 14 heavy (non-hydrogen) atoms. The van der Waals surface area contributed by atoms with E-state index in [0.717, 1.165) is 25.1 Å². The molecular formula is C11H23NOS. The molecule has 2 atom stereocenters. The fourth-order valence-electron chi connectivity index (χ4n) is 1.83. The molecule has 0 radical (unpaired) electrons. The highest BCUT2D eigenvalue weighted by Crippen LogP contribution is 2.26. The van der Waals surface area contributed by atoms with Crippen molar-refractivity contribution >= 4 is 11.8 Å². The van der Waals surface area contributed by atoms with Crippen molar-refractivity contribution in [3.8, 4) is 0 Å². The minimum absolute atomic E-state index is 0.377. The number of ether oxygens (including phenoxy) is 1. The molecule has 0 bridgehead atoms. The third kappa shape index (κ3) is 4.20. The van der Waals surface area contributed by atoms with Gasteiger partial charge in [0.25, 0.3) is 0 Å². The highest BCUT2D eigenvalue weighted by Gasteiger charge is 2.26. The number of thioether (sulfide) groups is 1. The topological polar surface area (TPSA) is 21.3 Å². The summed E-state index contributed by atoms with van der Waals surface area (Å²) in [5, 5.41) is 3.56. The molecule has 0 saturated carbocycles. The molecule has 1 fully saturated rings. The maximum absolute atomic E-state index is 5.59. The number of hydrogen-bond donors (Lipinski definition) is 1. The van der Waals surface area contributed by atoms with Gasteiger partial charge in [-0.3, -0.25) is 0 Å². The molecule has 1 saturated heterocycles. The van der Waals surface area contributed by atoms with Gasteiger partial charge in [0.15, 0.2) is 0 Å². The summed E-state index contributed by atoms with van der Waals surface area (Å²) in [4.78, 5) is 0. The molecule has 2 nitrogen and oxygen atoms in total. The van der Waals surface area contributed by atoms with E-state index in [1.54, 1.807) is 0 Å². The van der Waals surface area contributed by atoms with Crippen LogP contribution in [0.1, 0.15) is 27.2 Å². The first-order valence-corrected chi connectivity index (χ1v) is 6.82. The molecule has 0 aromatic rings. The predicted molar refractivity (Wildman–Crippen MR) is 64.0 cm³/mol. The van der Waals surface area contributed by atoms with Crippen LogP contribution in [-0.4, -0.2) is 36.8 Å². The van der Waals surface area contributed by atoms with Crippen LogP contribution in [-0.2, 0) is 4.74 Å². The van der Waals surface area contributed by atoms with Crippen molar-refractivity contribution in [2.75, 3.05) is 24.7 Å². The van der Waals surface area contributed by atoms with Crippen molar-refractivity contribution in [2.45, 2.75) is 39.3 Å². The fourth-order valence-corrected chi connectivity index (χ4v) is 3.31. The minimum atomic E-state index is 0.377. The van der Waals surface area contributed by atoms with Gasteiger partial charge in [0.05, 0.1) is 6.10 Å². The summed E-state index contributed by atoms with van der Waals surface area (Å²) in [6.45, 7) is 8.40. The second-order valence-corrected chi connectivity index (χ2v) is 5.24. The molecule has 1 heterocycles. The molecule has 3 heteroatoms. The van der Waals surface area contributed by atoms with Gasteiger partial charge in [-0.15, -0.1) is 0 Å². The van der Waals surface area contributed by atoms with Crippen LogP contribution in [0.25, 0.3) is 0 Å². The molecule has 84 valence electrons. The van der Waals surface area contributed by atoms with Gasteiger partial charge in [0.2, 0.25) is 0 Å². The van der Waals surface area contributed by atoms with Gasteiger partial charge in [0.1, 0.15) is 0 Å². The minimum Gasteiger partial charge on any atom is -0.379 e. The van der Waals surface area contributed by atoms with Crippen LogP contribution in [0.4, 0.5) is 0 Å². The maximum Gasteiger partial charge on any atom is 0.0518 e.